The summed E-state index contributed by atoms with van der Waals surface area (Å²) in [4.78, 5) is 0. The number of benzene rings is 1. The topological polar surface area (TPSA) is 65.7 Å². The van der Waals surface area contributed by atoms with Gasteiger partial charge in [-0.25, -0.2) is 5.43 Å². The second-order valence-corrected chi connectivity index (χ2v) is 4.94. The van der Waals surface area contributed by atoms with Crippen LogP contribution in [0.2, 0.25) is 0 Å². The van der Waals surface area contributed by atoms with Gasteiger partial charge in [-0.15, -0.1) is 0 Å². The fourth-order valence-corrected chi connectivity index (χ4v) is 2.76. The predicted molar refractivity (Wildman–Crippen MR) is 73.2 cm³/mol. The van der Waals surface area contributed by atoms with Gasteiger partial charge in [0, 0.05) is 6.61 Å². The second kappa shape index (κ2) is 5.77. The van der Waals surface area contributed by atoms with E-state index in [0.29, 0.717) is 0 Å². The average Bonchev–Trinajstić information content (AvgIpc) is 2.87. The van der Waals surface area contributed by atoms with Gasteiger partial charge in [-0.3, -0.25) is 5.84 Å². The summed E-state index contributed by atoms with van der Waals surface area (Å²) >= 11 is 0. The van der Waals surface area contributed by atoms with Crippen LogP contribution in [-0.4, -0.2) is 26.4 Å². The SMILES string of the molecule is COc1cccc(OC)c1C(NN)C1(C)CCCO1. The number of methoxy groups -OCH3 is 2. The Hall–Kier alpha value is -1.30. The Morgan fingerprint density at radius 3 is 2.37 bits per heavy atom. The van der Waals surface area contributed by atoms with Crippen molar-refractivity contribution in [1.82, 2.24) is 5.43 Å². The van der Waals surface area contributed by atoms with Gasteiger partial charge in [-0.2, -0.15) is 0 Å². The minimum atomic E-state index is -0.351. The second-order valence-electron chi connectivity index (χ2n) is 4.94. The van der Waals surface area contributed by atoms with Crippen LogP contribution < -0.4 is 20.7 Å². The van der Waals surface area contributed by atoms with E-state index < -0.39 is 0 Å². The fraction of sp³-hybridized carbons (Fsp3) is 0.571. The molecule has 1 heterocycles. The molecule has 0 amide bonds. The molecule has 2 rings (SSSR count). The van der Waals surface area contributed by atoms with Crippen LogP contribution in [0.3, 0.4) is 0 Å². The first-order chi connectivity index (χ1) is 9.16. The summed E-state index contributed by atoms with van der Waals surface area (Å²) in [6.45, 7) is 2.82. The van der Waals surface area contributed by atoms with Crippen molar-refractivity contribution < 1.29 is 14.2 Å². The summed E-state index contributed by atoms with van der Waals surface area (Å²) in [5.74, 6) is 7.27. The molecule has 3 N–H and O–H groups in total. The maximum atomic E-state index is 5.89. The molecule has 0 aromatic heterocycles. The molecule has 5 nitrogen and oxygen atoms in total. The molecule has 1 aliphatic rings. The van der Waals surface area contributed by atoms with Crippen molar-refractivity contribution in [2.24, 2.45) is 5.84 Å². The Labute approximate surface area is 114 Å². The smallest absolute Gasteiger partial charge is 0.127 e. The van der Waals surface area contributed by atoms with Crippen molar-refractivity contribution >= 4 is 0 Å². The van der Waals surface area contributed by atoms with Crippen molar-refractivity contribution in [1.29, 1.82) is 0 Å². The van der Waals surface area contributed by atoms with E-state index in [4.69, 9.17) is 20.1 Å². The lowest BCUT2D eigenvalue weighted by molar-refractivity contribution is -0.0137. The van der Waals surface area contributed by atoms with E-state index in [1.807, 2.05) is 18.2 Å². The van der Waals surface area contributed by atoms with E-state index in [2.05, 4.69) is 12.3 Å². The van der Waals surface area contributed by atoms with Gasteiger partial charge in [-0.1, -0.05) is 6.07 Å². The summed E-state index contributed by atoms with van der Waals surface area (Å²) < 4.78 is 16.8. The van der Waals surface area contributed by atoms with Gasteiger partial charge in [0.1, 0.15) is 11.5 Å². The molecule has 0 radical (unpaired) electrons. The van der Waals surface area contributed by atoms with Crippen molar-refractivity contribution in [3.63, 3.8) is 0 Å². The summed E-state index contributed by atoms with van der Waals surface area (Å²) in [6.07, 6.45) is 1.98. The molecule has 0 aliphatic carbocycles. The molecule has 5 heteroatoms. The molecule has 1 aromatic carbocycles. The number of hydrogen-bond donors (Lipinski definition) is 2. The van der Waals surface area contributed by atoms with E-state index in [1.54, 1.807) is 14.2 Å². The maximum absolute atomic E-state index is 5.89. The Morgan fingerprint density at radius 1 is 1.32 bits per heavy atom. The molecule has 1 saturated heterocycles. The van der Waals surface area contributed by atoms with Crippen LogP contribution >= 0.6 is 0 Å². The highest BCUT2D eigenvalue weighted by molar-refractivity contribution is 5.48. The summed E-state index contributed by atoms with van der Waals surface area (Å²) in [7, 11) is 3.29. The number of hydrogen-bond acceptors (Lipinski definition) is 5. The van der Waals surface area contributed by atoms with E-state index in [-0.39, 0.29) is 11.6 Å². The number of nitrogens with one attached hydrogen (secondary N) is 1. The normalized spacial score (nSPS) is 24.2. The third kappa shape index (κ3) is 2.54. The molecule has 106 valence electrons. The van der Waals surface area contributed by atoms with Crippen LogP contribution in [0.4, 0.5) is 0 Å². The zero-order valence-corrected chi connectivity index (χ0v) is 11.7. The lowest BCUT2D eigenvalue weighted by atomic mass is 9.87. The van der Waals surface area contributed by atoms with E-state index in [0.717, 1.165) is 36.5 Å². The molecule has 0 bridgehead atoms. The summed E-state index contributed by atoms with van der Waals surface area (Å²) in [5.41, 5.74) is 3.42. The van der Waals surface area contributed by atoms with E-state index in [1.165, 1.54) is 0 Å². The minimum Gasteiger partial charge on any atom is -0.496 e. The first-order valence-electron chi connectivity index (χ1n) is 6.47. The highest BCUT2D eigenvalue weighted by Crippen LogP contribution is 2.43. The predicted octanol–water partition coefficient (Wildman–Crippen LogP) is 1.78. The zero-order valence-electron chi connectivity index (χ0n) is 11.7. The van der Waals surface area contributed by atoms with Gasteiger partial charge < -0.3 is 14.2 Å². The molecular weight excluding hydrogens is 244 g/mol. The highest BCUT2D eigenvalue weighted by atomic mass is 16.5. The van der Waals surface area contributed by atoms with E-state index >= 15 is 0 Å². The molecule has 19 heavy (non-hydrogen) atoms. The molecule has 1 aromatic rings. The van der Waals surface area contributed by atoms with Crippen molar-refractivity contribution in [3.8, 4) is 11.5 Å². The number of nitrogens with two attached hydrogens (primary N) is 1. The Morgan fingerprint density at radius 2 is 1.95 bits per heavy atom. The van der Waals surface area contributed by atoms with Gasteiger partial charge in [0.15, 0.2) is 0 Å². The largest absolute Gasteiger partial charge is 0.496 e. The minimum absolute atomic E-state index is 0.180. The Kier molecular flexibility index (Phi) is 4.29. The van der Waals surface area contributed by atoms with Crippen LogP contribution in [0.1, 0.15) is 31.4 Å². The lowest BCUT2D eigenvalue weighted by Gasteiger charge is -2.34. The maximum Gasteiger partial charge on any atom is 0.127 e. The number of hydrazine groups is 1. The van der Waals surface area contributed by atoms with Crippen molar-refractivity contribution in [3.05, 3.63) is 23.8 Å². The third-order valence-electron chi connectivity index (χ3n) is 3.78. The summed E-state index contributed by atoms with van der Waals surface area (Å²) in [6, 6.07) is 5.52. The fourth-order valence-electron chi connectivity index (χ4n) is 2.76. The van der Waals surface area contributed by atoms with Crippen molar-refractivity contribution in [2.45, 2.75) is 31.4 Å². The van der Waals surface area contributed by atoms with E-state index in [9.17, 15) is 0 Å². The van der Waals surface area contributed by atoms with Crippen LogP contribution in [0.25, 0.3) is 0 Å². The summed E-state index contributed by atoms with van der Waals surface area (Å²) in [5, 5.41) is 0. The molecule has 0 saturated carbocycles. The molecule has 2 atom stereocenters. The molecule has 1 fully saturated rings. The Balaban J connectivity index is 2.47. The molecule has 2 unspecified atom stereocenters. The highest BCUT2D eigenvalue weighted by Gasteiger charge is 2.41. The van der Waals surface area contributed by atoms with Crippen LogP contribution in [0.15, 0.2) is 18.2 Å². The van der Waals surface area contributed by atoms with Crippen molar-refractivity contribution in [2.75, 3.05) is 20.8 Å². The number of rotatable bonds is 5. The lowest BCUT2D eigenvalue weighted by Crippen LogP contribution is -2.44. The quantitative estimate of drug-likeness (QED) is 0.628. The van der Waals surface area contributed by atoms with Crippen LogP contribution in [0.5, 0.6) is 11.5 Å². The first kappa shape index (κ1) is 14.1. The Bertz CT molecular complexity index is 408. The molecule has 0 spiro atoms. The van der Waals surface area contributed by atoms with Gasteiger partial charge >= 0.3 is 0 Å². The van der Waals surface area contributed by atoms with Crippen LogP contribution in [0, 0.1) is 0 Å². The molecule has 1 aliphatic heterocycles. The molecular formula is C14H22N2O3. The third-order valence-corrected chi connectivity index (χ3v) is 3.78. The zero-order chi connectivity index (χ0) is 13.9. The van der Waals surface area contributed by atoms with Gasteiger partial charge in [0.25, 0.3) is 0 Å². The standard InChI is InChI=1S/C14H22N2O3/c1-14(8-5-9-19-14)13(16-15)12-10(17-2)6-4-7-11(12)18-3/h4,6-7,13,16H,5,8-9,15H2,1-3H3. The van der Waals surface area contributed by atoms with Crippen LogP contribution in [-0.2, 0) is 4.74 Å². The first-order valence-corrected chi connectivity index (χ1v) is 6.47. The number of ether oxygens (including phenoxy) is 3. The average molecular weight is 266 g/mol. The van der Waals surface area contributed by atoms with Gasteiger partial charge in [-0.05, 0) is 31.9 Å². The van der Waals surface area contributed by atoms with Gasteiger partial charge in [0.05, 0.1) is 31.4 Å². The monoisotopic (exact) mass is 266 g/mol. The van der Waals surface area contributed by atoms with Gasteiger partial charge in [0.2, 0.25) is 0 Å².